The number of nitrogens with two attached hydrogens (primary N) is 1. The van der Waals surface area contributed by atoms with E-state index in [1.165, 1.54) is 12.1 Å². The number of rotatable bonds is 3. The Morgan fingerprint density at radius 1 is 1.20 bits per heavy atom. The molecule has 1 aliphatic carbocycles. The number of hydrogen-bond donors (Lipinski definition) is 1. The van der Waals surface area contributed by atoms with Gasteiger partial charge in [0.05, 0.1) is 5.41 Å². The van der Waals surface area contributed by atoms with E-state index in [2.05, 4.69) is 0 Å². The molecule has 1 aromatic carbocycles. The van der Waals surface area contributed by atoms with Crippen molar-refractivity contribution in [1.82, 2.24) is 0 Å². The Hall–Kier alpha value is -0.960. The van der Waals surface area contributed by atoms with Crippen LogP contribution in [0.25, 0.3) is 0 Å². The first kappa shape index (κ1) is 10.6. The minimum atomic E-state index is -2.79. The van der Waals surface area contributed by atoms with Gasteiger partial charge in [-0.15, -0.1) is 0 Å². The van der Waals surface area contributed by atoms with Gasteiger partial charge in [0.1, 0.15) is 0 Å². The molecule has 0 heterocycles. The van der Waals surface area contributed by atoms with Gasteiger partial charge >= 0.3 is 0 Å². The maximum Gasteiger partial charge on any atom is 0.279 e. The highest BCUT2D eigenvalue weighted by Crippen LogP contribution is 2.56. The van der Waals surface area contributed by atoms with E-state index in [-0.39, 0.29) is 12.1 Å². The fourth-order valence-electron chi connectivity index (χ4n) is 2.20. The van der Waals surface area contributed by atoms with Crippen LogP contribution in [0.4, 0.5) is 8.78 Å². The first-order chi connectivity index (χ1) is 7.12. The van der Waals surface area contributed by atoms with Crippen molar-refractivity contribution in [3.8, 4) is 0 Å². The molecule has 0 amide bonds. The van der Waals surface area contributed by atoms with Gasteiger partial charge in [0.25, 0.3) is 5.92 Å². The van der Waals surface area contributed by atoms with Crippen molar-refractivity contribution >= 4 is 0 Å². The van der Waals surface area contributed by atoms with Crippen LogP contribution in [0.2, 0.25) is 0 Å². The zero-order chi connectivity index (χ0) is 10.9. The first-order valence-corrected chi connectivity index (χ1v) is 5.26. The summed E-state index contributed by atoms with van der Waals surface area (Å²) in [5, 5.41) is 0. The number of hydrogen-bond acceptors (Lipinski definition) is 1. The molecule has 1 nitrogen and oxygen atoms in total. The van der Waals surface area contributed by atoms with Crippen LogP contribution in [0.5, 0.6) is 0 Å². The maximum absolute atomic E-state index is 14.2. The van der Waals surface area contributed by atoms with Crippen molar-refractivity contribution in [2.45, 2.75) is 25.2 Å². The van der Waals surface area contributed by atoms with Crippen molar-refractivity contribution in [3.05, 3.63) is 35.9 Å². The van der Waals surface area contributed by atoms with Gasteiger partial charge in [-0.1, -0.05) is 36.8 Å². The molecule has 0 aliphatic heterocycles. The monoisotopic (exact) mass is 211 g/mol. The predicted molar refractivity (Wildman–Crippen MR) is 55.7 cm³/mol. The number of benzene rings is 1. The van der Waals surface area contributed by atoms with Crippen molar-refractivity contribution in [1.29, 1.82) is 0 Å². The molecule has 0 saturated heterocycles. The predicted octanol–water partition coefficient (Wildman–Crippen LogP) is 2.91. The van der Waals surface area contributed by atoms with Crippen molar-refractivity contribution in [3.63, 3.8) is 0 Å². The molecule has 1 saturated carbocycles. The zero-order valence-electron chi connectivity index (χ0n) is 8.55. The van der Waals surface area contributed by atoms with E-state index in [1.807, 2.05) is 0 Å². The van der Waals surface area contributed by atoms with Crippen molar-refractivity contribution < 1.29 is 8.78 Å². The van der Waals surface area contributed by atoms with Crippen molar-refractivity contribution in [2.75, 3.05) is 6.54 Å². The largest absolute Gasteiger partial charge is 0.330 e. The standard InChI is InChI=1S/C12H15F2N/c13-12(14,10-5-2-1-3-6-10)11(9-15)7-4-8-11/h1-3,5-6H,4,7-9,15H2. The molecular formula is C12H15F2N. The molecule has 82 valence electrons. The van der Waals surface area contributed by atoms with Crippen LogP contribution in [0.15, 0.2) is 30.3 Å². The molecule has 0 unspecified atom stereocenters. The maximum atomic E-state index is 14.2. The van der Waals surface area contributed by atoms with E-state index < -0.39 is 11.3 Å². The fraction of sp³-hybridized carbons (Fsp3) is 0.500. The van der Waals surface area contributed by atoms with E-state index >= 15 is 0 Å². The highest BCUT2D eigenvalue weighted by molar-refractivity contribution is 5.24. The van der Waals surface area contributed by atoms with Gasteiger partial charge in [-0.25, -0.2) is 8.78 Å². The SMILES string of the molecule is NCC1(C(F)(F)c2ccccc2)CCC1. The number of alkyl halides is 2. The second kappa shape index (κ2) is 3.56. The Morgan fingerprint density at radius 3 is 2.20 bits per heavy atom. The van der Waals surface area contributed by atoms with E-state index in [1.54, 1.807) is 18.2 Å². The summed E-state index contributed by atoms with van der Waals surface area (Å²) in [4.78, 5) is 0. The molecule has 15 heavy (non-hydrogen) atoms. The molecule has 1 aromatic rings. The molecule has 0 spiro atoms. The van der Waals surface area contributed by atoms with Crippen LogP contribution >= 0.6 is 0 Å². The Labute approximate surface area is 88.3 Å². The molecule has 0 aromatic heterocycles. The molecular weight excluding hydrogens is 196 g/mol. The van der Waals surface area contributed by atoms with Crippen LogP contribution in [0.1, 0.15) is 24.8 Å². The first-order valence-electron chi connectivity index (χ1n) is 5.26. The quantitative estimate of drug-likeness (QED) is 0.817. The Balaban J connectivity index is 2.34. The Bertz CT molecular complexity index is 325. The summed E-state index contributed by atoms with van der Waals surface area (Å²) in [6.07, 6.45) is 1.93. The summed E-state index contributed by atoms with van der Waals surface area (Å²) in [5.41, 5.74) is 4.61. The molecule has 2 rings (SSSR count). The normalized spacial score (nSPS) is 19.7. The summed E-state index contributed by atoms with van der Waals surface area (Å²) in [6.45, 7) is 0.0644. The van der Waals surface area contributed by atoms with Gasteiger partial charge in [-0.3, -0.25) is 0 Å². The third kappa shape index (κ3) is 1.46. The molecule has 1 fully saturated rings. The van der Waals surface area contributed by atoms with Crippen molar-refractivity contribution in [2.24, 2.45) is 11.1 Å². The van der Waals surface area contributed by atoms with Gasteiger partial charge in [-0.2, -0.15) is 0 Å². The third-order valence-electron chi connectivity index (χ3n) is 3.50. The topological polar surface area (TPSA) is 26.0 Å². The van der Waals surface area contributed by atoms with Crippen LogP contribution < -0.4 is 5.73 Å². The highest BCUT2D eigenvalue weighted by atomic mass is 19.3. The summed E-state index contributed by atoms with van der Waals surface area (Å²) in [7, 11) is 0. The fourth-order valence-corrected chi connectivity index (χ4v) is 2.20. The van der Waals surface area contributed by atoms with Crippen LogP contribution in [-0.2, 0) is 5.92 Å². The molecule has 1 aliphatic rings. The molecule has 0 atom stereocenters. The minimum Gasteiger partial charge on any atom is -0.330 e. The summed E-state index contributed by atoms with van der Waals surface area (Å²) < 4.78 is 28.4. The molecule has 0 radical (unpaired) electrons. The lowest BCUT2D eigenvalue weighted by molar-refractivity contribution is -0.164. The Kier molecular flexibility index (Phi) is 2.51. The van der Waals surface area contributed by atoms with Crippen LogP contribution in [-0.4, -0.2) is 6.54 Å². The van der Waals surface area contributed by atoms with E-state index in [9.17, 15) is 8.78 Å². The van der Waals surface area contributed by atoms with Gasteiger partial charge < -0.3 is 5.73 Å². The average Bonchev–Trinajstić information content (AvgIpc) is 2.18. The lowest BCUT2D eigenvalue weighted by Crippen LogP contribution is -2.49. The molecule has 3 heteroatoms. The van der Waals surface area contributed by atoms with E-state index in [0.717, 1.165) is 6.42 Å². The van der Waals surface area contributed by atoms with E-state index in [0.29, 0.717) is 12.8 Å². The van der Waals surface area contributed by atoms with Gasteiger partial charge in [0.15, 0.2) is 0 Å². The Morgan fingerprint density at radius 2 is 1.80 bits per heavy atom. The lowest BCUT2D eigenvalue weighted by Gasteiger charge is -2.46. The van der Waals surface area contributed by atoms with Crippen LogP contribution in [0, 0.1) is 5.41 Å². The second-order valence-corrected chi connectivity index (χ2v) is 4.28. The van der Waals surface area contributed by atoms with Gasteiger partial charge in [0, 0.05) is 12.1 Å². The smallest absolute Gasteiger partial charge is 0.279 e. The summed E-state index contributed by atoms with van der Waals surface area (Å²) in [6, 6.07) is 8.00. The summed E-state index contributed by atoms with van der Waals surface area (Å²) >= 11 is 0. The second-order valence-electron chi connectivity index (χ2n) is 4.28. The molecule has 0 bridgehead atoms. The average molecular weight is 211 g/mol. The van der Waals surface area contributed by atoms with Gasteiger partial charge in [-0.05, 0) is 12.8 Å². The minimum absolute atomic E-state index is 0.0644. The third-order valence-corrected chi connectivity index (χ3v) is 3.50. The van der Waals surface area contributed by atoms with E-state index in [4.69, 9.17) is 5.73 Å². The summed E-state index contributed by atoms with van der Waals surface area (Å²) in [5.74, 6) is -2.79. The van der Waals surface area contributed by atoms with Gasteiger partial charge in [0.2, 0.25) is 0 Å². The number of halogens is 2. The highest BCUT2D eigenvalue weighted by Gasteiger charge is 2.56. The molecule has 2 N–H and O–H groups in total. The van der Waals surface area contributed by atoms with Crippen LogP contribution in [0.3, 0.4) is 0 Å². The lowest BCUT2D eigenvalue weighted by atomic mass is 9.63. The zero-order valence-corrected chi connectivity index (χ0v) is 8.55.